The molecule has 6 heteroatoms. The summed E-state index contributed by atoms with van der Waals surface area (Å²) >= 11 is 9.80. The van der Waals surface area contributed by atoms with Crippen LogP contribution in [0.3, 0.4) is 0 Å². The lowest BCUT2D eigenvalue weighted by molar-refractivity contribution is -0.141. The number of carbonyl (C=O) groups is 2. The number of aryl methyl sites for hydroxylation is 1. The molecular weight excluding hydrogens is 524 g/mol. The molecule has 0 unspecified atom stereocenters. The molecule has 3 aromatic rings. The van der Waals surface area contributed by atoms with E-state index in [-0.39, 0.29) is 24.3 Å². The van der Waals surface area contributed by atoms with E-state index in [1.165, 1.54) is 0 Å². The third kappa shape index (κ3) is 8.22. The molecule has 2 atom stereocenters. The molecule has 0 bridgehead atoms. The molecule has 0 aromatic heterocycles. The van der Waals surface area contributed by atoms with E-state index in [4.69, 9.17) is 11.6 Å². The van der Waals surface area contributed by atoms with Gasteiger partial charge in [-0.05, 0) is 54.7 Å². The first-order chi connectivity index (χ1) is 16.9. The Kier molecular flexibility index (Phi) is 10.4. The number of nitrogens with one attached hydrogen (secondary N) is 1. The molecule has 0 heterocycles. The molecule has 0 aliphatic carbocycles. The van der Waals surface area contributed by atoms with Crippen LogP contribution in [0.15, 0.2) is 83.3 Å². The van der Waals surface area contributed by atoms with E-state index in [1.54, 1.807) is 4.90 Å². The summed E-state index contributed by atoms with van der Waals surface area (Å²) < 4.78 is 0.966. The van der Waals surface area contributed by atoms with Crippen molar-refractivity contribution in [2.24, 2.45) is 0 Å². The van der Waals surface area contributed by atoms with E-state index in [2.05, 4.69) is 21.2 Å². The van der Waals surface area contributed by atoms with Crippen molar-refractivity contribution in [3.8, 4) is 0 Å². The summed E-state index contributed by atoms with van der Waals surface area (Å²) in [5.41, 5.74) is 2.90. The monoisotopic (exact) mass is 554 g/mol. The molecule has 3 rings (SSSR count). The van der Waals surface area contributed by atoms with Crippen LogP contribution in [0.2, 0.25) is 5.02 Å². The number of hydrogen-bond acceptors (Lipinski definition) is 2. The summed E-state index contributed by atoms with van der Waals surface area (Å²) in [6.07, 6.45) is 2.04. The first kappa shape index (κ1) is 27.0. The SMILES string of the molecule is CC[C@H](C)NC(=O)[C@@H](Cc1ccccc1)N(Cc1ccc(Br)cc1)C(=O)CCc1ccccc1Cl. The summed E-state index contributed by atoms with van der Waals surface area (Å²) in [4.78, 5) is 28.9. The molecule has 4 nitrogen and oxygen atoms in total. The Balaban J connectivity index is 1.91. The van der Waals surface area contributed by atoms with Crippen molar-refractivity contribution >= 4 is 39.3 Å². The molecule has 3 aromatic carbocycles. The Hall–Kier alpha value is -2.63. The Labute approximate surface area is 221 Å². The Bertz CT molecular complexity index is 1110. The predicted octanol–water partition coefficient (Wildman–Crippen LogP) is 6.59. The zero-order valence-electron chi connectivity index (χ0n) is 20.2. The van der Waals surface area contributed by atoms with Crippen LogP contribution in [0.5, 0.6) is 0 Å². The highest BCUT2D eigenvalue weighted by Gasteiger charge is 2.30. The normalized spacial score (nSPS) is 12.6. The van der Waals surface area contributed by atoms with Crippen molar-refractivity contribution in [1.82, 2.24) is 10.2 Å². The Morgan fingerprint density at radius 2 is 1.60 bits per heavy atom. The topological polar surface area (TPSA) is 49.4 Å². The van der Waals surface area contributed by atoms with E-state index in [1.807, 2.05) is 92.7 Å². The summed E-state index contributed by atoms with van der Waals surface area (Å²) in [6, 6.07) is 24.7. The van der Waals surface area contributed by atoms with Crippen molar-refractivity contribution < 1.29 is 9.59 Å². The van der Waals surface area contributed by atoms with Gasteiger partial charge in [-0.3, -0.25) is 9.59 Å². The predicted molar refractivity (Wildman–Crippen MR) is 146 cm³/mol. The van der Waals surface area contributed by atoms with Crippen LogP contribution in [0.1, 0.15) is 43.4 Å². The minimum absolute atomic E-state index is 0.0218. The number of nitrogens with zero attached hydrogens (tertiary/aromatic N) is 1. The van der Waals surface area contributed by atoms with Crippen molar-refractivity contribution in [3.05, 3.63) is 105 Å². The van der Waals surface area contributed by atoms with Crippen molar-refractivity contribution in [2.45, 2.75) is 58.2 Å². The third-order valence-electron chi connectivity index (χ3n) is 6.10. The fourth-order valence-corrected chi connectivity index (χ4v) is 4.36. The molecule has 1 N–H and O–H groups in total. The van der Waals surface area contributed by atoms with Crippen LogP contribution >= 0.6 is 27.5 Å². The third-order valence-corrected chi connectivity index (χ3v) is 7.00. The number of carbonyl (C=O) groups excluding carboxylic acids is 2. The van der Waals surface area contributed by atoms with Crippen LogP contribution in [0, 0.1) is 0 Å². The van der Waals surface area contributed by atoms with E-state index >= 15 is 0 Å². The lowest BCUT2D eigenvalue weighted by Gasteiger charge is -2.32. The lowest BCUT2D eigenvalue weighted by atomic mass is 10.0. The zero-order chi connectivity index (χ0) is 25.2. The van der Waals surface area contributed by atoms with Crippen molar-refractivity contribution in [3.63, 3.8) is 0 Å². The van der Waals surface area contributed by atoms with Gasteiger partial charge >= 0.3 is 0 Å². The second kappa shape index (κ2) is 13.5. The van der Waals surface area contributed by atoms with Gasteiger partial charge in [-0.1, -0.05) is 95.1 Å². The van der Waals surface area contributed by atoms with Gasteiger partial charge < -0.3 is 10.2 Å². The lowest BCUT2D eigenvalue weighted by Crippen LogP contribution is -2.52. The standard InChI is InChI=1S/C29H32BrClN2O2/c1-3-21(2)32-29(35)27(19-22-9-5-4-6-10-22)33(20-23-13-16-25(30)17-14-23)28(34)18-15-24-11-7-8-12-26(24)31/h4-14,16-17,21,27H,3,15,18-20H2,1-2H3,(H,32,35)/t21-,27+/m0/s1. The summed E-state index contributed by atoms with van der Waals surface area (Å²) in [7, 11) is 0. The Morgan fingerprint density at radius 1 is 0.943 bits per heavy atom. The van der Waals surface area contributed by atoms with Gasteiger partial charge in [0.05, 0.1) is 0 Å². The van der Waals surface area contributed by atoms with Crippen LogP contribution in [-0.4, -0.2) is 28.8 Å². The second-order valence-corrected chi connectivity index (χ2v) is 10.1. The first-order valence-electron chi connectivity index (χ1n) is 12.0. The van der Waals surface area contributed by atoms with Crippen LogP contribution in [0.4, 0.5) is 0 Å². The summed E-state index contributed by atoms with van der Waals surface area (Å²) in [5.74, 6) is -0.209. The molecule has 2 amide bonds. The number of hydrogen-bond donors (Lipinski definition) is 1. The largest absolute Gasteiger partial charge is 0.352 e. The number of amides is 2. The minimum atomic E-state index is -0.631. The molecular formula is C29H32BrClN2O2. The van der Waals surface area contributed by atoms with Crippen molar-refractivity contribution in [2.75, 3.05) is 0 Å². The Morgan fingerprint density at radius 3 is 2.26 bits per heavy atom. The minimum Gasteiger partial charge on any atom is -0.352 e. The number of rotatable bonds is 11. The van der Waals surface area contributed by atoms with Gasteiger partial charge in [0.2, 0.25) is 11.8 Å². The van der Waals surface area contributed by atoms with Crippen LogP contribution < -0.4 is 5.32 Å². The molecule has 184 valence electrons. The van der Waals surface area contributed by atoms with Crippen LogP contribution in [-0.2, 0) is 29.0 Å². The van der Waals surface area contributed by atoms with Gasteiger partial charge in [-0.2, -0.15) is 0 Å². The highest BCUT2D eigenvalue weighted by molar-refractivity contribution is 9.10. The fourth-order valence-electron chi connectivity index (χ4n) is 3.87. The first-order valence-corrected chi connectivity index (χ1v) is 13.2. The van der Waals surface area contributed by atoms with E-state index in [9.17, 15) is 9.59 Å². The molecule has 0 saturated carbocycles. The van der Waals surface area contributed by atoms with Gasteiger partial charge in [0, 0.05) is 34.9 Å². The fraction of sp³-hybridized carbons (Fsp3) is 0.310. The van der Waals surface area contributed by atoms with Gasteiger partial charge in [0.1, 0.15) is 6.04 Å². The smallest absolute Gasteiger partial charge is 0.243 e. The highest BCUT2D eigenvalue weighted by Crippen LogP contribution is 2.21. The molecule has 0 saturated heterocycles. The summed E-state index contributed by atoms with van der Waals surface area (Å²) in [6.45, 7) is 4.36. The molecule has 0 fully saturated rings. The van der Waals surface area contributed by atoms with E-state index in [0.29, 0.717) is 24.4 Å². The highest BCUT2D eigenvalue weighted by atomic mass is 79.9. The van der Waals surface area contributed by atoms with Gasteiger partial charge in [-0.25, -0.2) is 0 Å². The maximum atomic E-state index is 13.7. The van der Waals surface area contributed by atoms with E-state index < -0.39 is 6.04 Å². The second-order valence-electron chi connectivity index (χ2n) is 8.76. The average molecular weight is 556 g/mol. The number of halogens is 2. The summed E-state index contributed by atoms with van der Waals surface area (Å²) in [5, 5.41) is 3.75. The average Bonchev–Trinajstić information content (AvgIpc) is 2.87. The maximum absolute atomic E-state index is 13.7. The van der Waals surface area contributed by atoms with Gasteiger partial charge in [0.25, 0.3) is 0 Å². The van der Waals surface area contributed by atoms with Gasteiger partial charge in [-0.15, -0.1) is 0 Å². The molecule has 0 radical (unpaired) electrons. The van der Waals surface area contributed by atoms with Gasteiger partial charge in [0.15, 0.2) is 0 Å². The molecule has 35 heavy (non-hydrogen) atoms. The maximum Gasteiger partial charge on any atom is 0.243 e. The molecule has 0 aliphatic heterocycles. The zero-order valence-corrected chi connectivity index (χ0v) is 22.6. The number of benzene rings is 3. The van der Waals surface area contributed by atoms with Crippen molar-refractivity contribution in [1.29, 1.82) is 0 Å². The molecule has 0 aliphatic rings. The van der Waals surface area contributed by atoms with Crippen LogP contribution in [0.25, 0.3) is 0 Å². The van der Waals surface area contributed by atoms with E-state index in [0.717, 1.165) is 27.6 Å². The molecule has 0 spiro atoms. The quantitative estimate of drug-likeness (QED) is 0.290.